The zero-order valence-electron chi connectivity index (χ0n) is 18.4. The molecule has 1 N–H and O–H groups in total. The van der Waals surface area contributed by atoms with Gasteiger partial charge in [0.1, 0.15) is 0 Å². The third-order valence-corrected chi connectivity index (χ3v) is 7.78. The van der Waals surface area contributed by atoms with Gasteiger partial charge in [-0.3, -0.25) is 4.90 Å². The molecule has 2 aromatic rings. The molecule has 1 aromatic carbocycles. The summed E-state index contributed by atoms with van der Waals surface area (Å²) in [6, 6.07) is 7.52. The monoisotopic (exact) mass is 468 g/mol. The highest BCUT2D eigenvalue weighted by atomic mass is 32.1. The number of fused-ring (bicyclic) bond motifs is 1. The molecule has 0 atom stereocenters. The van der Waals surface area contributed by atoms with Crippen LogP contribution in [0.2, 0.25) is 0 Å². The number of anilines is 1. The van der Waals surface area contributed by atoms with Gasteiger partial charge in [0, 0.05) is 55.0 Å². The number of amides is 2. The lowest BCUT2D eigenvalue weighted by molar-refractivity contribution is -0.215. The van der Waals surface area contributed by atoms with Gasteiger partial charge in [-0.15, -0.1) is 24.5 Å². The van der Waals surface area contributed by atoms with E-state index in [4.69, 9.17) is 0 Å². The third kappa shape index (κ3) is 5.49. The van der Waals surface area contributed by atoms with Gasteiger partial charge in [-0.1, -0.05) is 6.07 Å². The van der Waals surface area contributed by atoms with Crippen LogP contribution in [-0.4, -0.2) is 67.9 Å². The van der Waals surface area contributed by atoms with Gasteiger partial charge < -0.3 is 10.2 Å². The van der Waals surface area contributed by atoms with Crippen molar-refractivity contribution < 1.29 is 18.0 Å². The Hall–Kier alpha value is -2.00. The van der Waals surface area contributed by atoms with Crippen LogP contribution in [0.4, 0.5) is 23.7 Å². The molecule has 0 radical (unpaired) electrons. The van der Waals surface area contributed by atoms with Gasteiger partial charge in [0.25, 0.3) is 0 Å². The van der Waals surface area contributed by atoms with E-state index in [0.29, 0.717) is 5.92 Å². The lowest BCUT2D eigenvalue weighted by Gasteiger charge is -2.37. The molecule has 5 nitrogen and oxygen atoms in total. The van der Waals surface area contributed by atoms with Crippen LogP contribution in [0, 0.1) is 5.92 Å². The smallest absolute Gasteiger partial charge is 0.368 e. The Kier molecular flexibility index (Phi) is 7.14. The summed E-state index contributed by atoms with van der Waals surface area (Å²) < 4.78 is 39.2. The van der Waals surface area contributed by atoms with E-state index in [1.165, 1.54) is 15.8 Å². The topological polar surface area (TPSA) is 38.8 Å². The van der Waals surface area contributed by atoms with Gasteiger partial charge >= 0.3 is 12.3 Å². The standard InChI is InChI=1S/C23H31F3N4OS/c1-28(23(24,25)26)22(31)27-18-7-5-17(6-8-18)9-11-29-12-14-30(15-13-29)20-3-2-4-21-19(20)10-16-32-21/h2-4,10,16-18H,5-9,11-15H2,1H3,(H,27,31). The maximum Gasteiger partial charge on any atom is 0.488 e. The normalized spacial score (nSPS) is 22.8. The fourth-order valence-electron chi connectivity index (χ4n) is 4.81. The zero-order chi connectivity index (χ0) is 22.7. The number of hydrogen-bond donors (Lipinski definition) is 1. The van der Waals surface area contributed by atoms with Crippen molar-refractivity contribution in [1.82, 2.24) is 15.1 Å². The number of carbonyl (C=O) groups is 1. The molecule has 1 aliphatic carbocycles. The molecule has 32 heavy (non-hydrogen) atoms. The van der Waals surface area contributed by atoms with Gasteiger partial charge in [-0.2, -0.15) is 0 Å². The number of nitrogens with one attached hydrogen (secondary N) is 1. The van der Waals surface area contributed by atoms with E-state index in [9.17, 15) is 18.0 Å². The highest BCUT2D eigenvalue weighted by molar-refractivity contribution is 7.17. The Labute approximate surface area is 191 Å². The summed E-state index contributed by atoms with van der Waals surface area (Å²) in [6.07, 6.45) is -0.104. The Morgan fingerprint density at radius 2 is 1.84 bits per heavy atom. The molecule has 4 rings (SSSR count). The fourth-order valence-corrected chi connectivity index (χ4v) is 5.62. The van der Waals surface area contributed by atoms with Gasteiger partial charge in [-0.25, -0.2) is 9.69 Å². The first kappa shape index (κ1) is 23.2. The lowest BCUT2D eigenvalue weighted by atomic mass is 9.84. The quantitative estimate of drug-likeness (QED) is 0.618. The van der Waals surface area contributed by atoms with E-state index in [-0.39, 0.29) is 10.9 Å². The number of thiophene rings is 1. The second-order valence-corrected chi connectivity index (χ2v) is 9.87. The first-order valence-corrected chi connectivity index (χ1v) is 12.2. The van der Waals surface area contributed by atoms with Crippen molar-refractivity contribution >= 4 is 33.1 Å². The number of carbonyl (C=O) groups excluding carboxylic acids is 1. The van der Waals surface area contributed by atoms with Gasteiger partial charge in [0.05, 0.1) is 0 Å². The Balaban J connectivity index is 1.16. The SMILES string of the molecule is CN(C(=O)NC1CCC(CCN2CCN(c3cccc4sccc34)CC2)CC1)C(F)(F)F. The molecule has 1 saturated heterocycles. The van der Waals surface area contributed by atoms with Crippen molar-refractivity contribution in [2.45, 2.75) is 44.4 Å². The van der Waals surface area contributed by atoms with Crippen LogP contribution in [-0.2, 0) is 0 Å². The summed E-state index contributed by atoms with van der Waals surface area (Å²) in [4.78, 5) is 16.6. The molecule has 0 unspecified atom stereocenters. The van der Waals surface area contributed by atoms with Crippen molar-refractivity contribution in [3.05, 3.63) is 29.6 Å². The number of hydrogen-bond acceptors (Lipinski definition) is 4. The van der Waals surface area contributed by atoms with Gasteiger partial charge in [0.2, 0.25) is 0 Å². The van der Waals surface area contributed by atoms with Gasteiger partial charge in [0.15, 0.2) is 0 Å². The van der Waals surface area contributed by atoms with E-state index in [2.05, 4.69) is 44.8 Å². The first-order valence-electron chi connectivity index (χ1n) is 11.4. The van der Waals surface area contributed by atoms with Crippen LogP contribution in [0.3, 0.4) is 0 Å². The molecule has 0 bridgehead atoms. The van der Waals surface area contributed by atoms with Crippen LogP contribution < -0.4 is 10.2 Å². The van der Waals surface area contributed by atoms with E-state index in [0.717, 1.165) is 71.9 Å². The number of benzene rings is 1. The first-order chi connectivity index (χ1) is 15.3. The largest absolute Gasteiger partial charge is 0.488 e. The molecular weight excluding hydrogens is 437 g/mol. The Morgan fingerprint density at radius 1 is 1.12 bits per heavy atom. The van der Waals surface area contributed by atoms with Crippen LogP contribution in [0.1, 0.15) is 32.1 Å². The van der Waals surface area contributed by atoms with Crippen molar-refractivity contribution in [3.63, 3.8) is 0 Å². The average molecular weight is 469 g/mol. The maximum atomic E-state index is 12.6. The summed E-state index contributed by atoms with van der Waals surface area (Å²) in [5.74, 6) is 0.584. The van der Waals surface area contributed by atoms with Crippen LogP contribution in [0.15, 0.2) is 29.6 Å². The molecule has 9 heteroatoms. The summed E-state index contributed by atoms with van der Waals surface area (Å²) in [6.45, 7) is 5.22. The minimum atomic E-state index is -4.64. The van der Waals surface area contributed by atoms with Crippen molar-refractivity contribution in [2.75, 3.05) is 44.7 Å². The van der Waals surface area contributed by atoms with E-state index < -0.39 is 12.3 Å². The van der Waals surface area contributed by atoms with Crippen LogP contribution in [0.25, 0.3) is 10.1 Å². The van der Waals surface area contributed by atoms with E-state index in [1.807, 2.05) is 0 Å². The number of halogens is 3. The third-order valence-electron chi connectivity index (χ3n) is 6.90. The highest BCUT2D eigenvalue weighted by Crippen LogP contribution is 2.32. The van der Waals surface area contributed by atoms with E-state index in [1.54, 1.807) is 11.3 Å². The second kappa shape index (κ2) is 9.87. The Bertz CT molecular complexity index is 902. The second-order valence-electron chi connectivity index (χ2n) is 8.92. The number of rotatable bonds is 5. The van der Waals surface area contributed by atoms with E-state index >= 15 is 0 Å². The lowest BCUT2D eigenvalue weighted by Crippen LogP contribution is -2.49. The van der Waals surface area contributed by atoms with Gasteiger partial charge in [-0.05, 0) is 68.1 Å². The number of nitrogens with zero attached hydrogens (tertiary/aromatic N) is 3. The molecule has 0 spiro atoms. The maximum absolute atomic E-state index is 12.6. The summed E-state index contributed by atoms with van der Waals surface area (Å²) in [5, 5.41) is 6.03. The molecule has 2 aliphatic rings. The summed E-state index contributed by atoms with van der Waals surface area (Å²) >= 11 is 1.78. The predicted molar refractivity (Wildman–Crippen MR) is 123 cm³/mol. The molecule has 2 heterocycles. The van der Waals surface area contributed by atoms with Crippen molar-refractivity contribution in [2.24, 2.45) is 5.92 Å². The minimum Gasteiger partial charge on any atom is -0.368 e. The Morgan fingerprint density at radius 3 is 2.53 bits per heavy atom. The fraction of sp³-hybridized carbons (Fsp3) is 0.609. The number of alkyl halides is 3. The molecule has 1 saturated carbocycles. The number of piperazine rings is 1. The zero-order valence-corrected chi connectivity index (χ0v) is 19.2. The van der Waals surface area contributed by atoms with Crippen molar-refractivity contribution in [1.29, 1.82) is 0 Å². The molecule has 2 fully saturated rings. The summed E-state index contributed by atoms with van der Waals surface area (Å²) in [5.41, 5.74) is 1.33. The molecular formula is C23H31F3N4OS. The average Bonchev–Trinajstić information content (AvgIpc) is 3.27. The highest BCUT2D eigenvalue weighted by Gasteiger charge is 2.38. The predicted octanol–water partition coefficient (Wildman–Crippen LogP) is 5.13. The molecule has 176 valence electrons. The molecule has 1 aliphatic heterocycles. The van der Waals surface area contributed by atoms with Crippen molar-refractivity contribution in [3.8, 4) is 0 Å². The molecule has 2 amide bonds. The minimum absolute atomic E-state index is 0.160. The summed E-state index contributed by atoms with van der Waals surface area (Å²) in [7, 11) is 0.765. The number of urea groups is 1. The van der Waals surface area contributed by atoms with Crippen LogP contribution >= 0.6 is 11.3 Å². The van der Waals surface area contributed by atoms with Crippen LogP contribution in [0.5, 0.6) is 0 Å². The molecule has 1 aromatic heterocycles.